The van der Waals surface area contributed by atoms with Crippen LogP contribution in [0.2, 0.25) is 0 Å². The fraction of sp³-hybridized carbons (Fsp3) is 0.467. The number of aromatic carboxylic acids is 1. The normalized spacial score (nSPS) is 17.2. The molecule has 0 aliphatic heterocycles. The van der Waals surface area contributed by atoms with Crippen molar-refractivity contribution in [1.82, 2.24) is 5.32 Å². The topological polar surface area (TPSA) is 78.4 Å². The first-order valence-corrected chi connectivity index (χ1v) is 6.92. The molecule has 0 saturated heterocycles. The Morgan fingerprint density at radius 1 is 1.15 bits per heavy atom. The largest absolute Gasteiger partial charge is 0.478 e. The molecule has 0 unspecified atom stereocenters. The molecule has 0 atom stereocenters. The van der Waals surface area contributed by atoms with Gasteiger partial charge in [-0.05, 0) is 31.9 Å². The summed E-state index contributed by atoms with van der Waals surface area (Å²) in [5, 5.41) is 14.7. The summed E-state index contributed by atoms with van der Waals surface area (Å²) in [7, 11) is 0. The average Bonchev–Trinajstić information content (AvgIpc) is 2.39. The van der Waals surface area contributed by atoms with E-state index in [9.17, 15) is 9.59 Å². The Morgan fingerprint density at radius 2 is 1.80 bits per heavy atom. The number of anilines is 1. The molecular formula is C15H20N2O3. The highest BCUT2D eigenvalue weighted by Crippen LogP contribution is 2.27. The van der Waals surface area contributed by atoms with Gasteiger partial charge in [-0.2, -0.15) is 0 Å². The highest BCUT2D eigenvalue weighted by molar-refractivity contribution is 6.00. The number of nitrogens with one attached hydrogen (secondary N) is 2. The second-order valence-corrected chi connectivity index (χ2v) is 5.55. The molecule has 5 heteroatoms. The van der Waals surface area contributed by atoms with E-state index in [0.29, 0.717) is 5.69 Å². The van der Waals surface area contributed by atoms with Gasteiger partial charge in [0.25, 0.3) is 0 Å². The van der Waals surface area contributed by atoms with E-state index in [0.717, 1.165) is 25.7 Å². The van der Waals surface area contributed by atoms with Crippen LogP contribution in [0, 0.1) is 0 Å². The molecule has 0 radical (unpaired) electrons. The maximum atomic E-state index is 12.0. The summed E-state index contributed by atoms with van der Waals surface area (Å²) in [5.74, 6) is -1.05. The zero-order valence-electron chi connectivity index (χ0n) is 11.6. The number of carboxylic acid groups (broad SMARTS) is 1. The second kappa shape index (κ2) is 5.94. The van der Waals surface area contributed by atoms with Crippen LogP contribution >= 0.6 is 0 Å². The fourth-order valence-corrected chi connectivity index (χ4v) is 2.66. The van der Waals surface area contributed by atoms with E-state index >= 15 is 0 Å². The molecule has 20 heavy (non-hydrogen) atoms. The van der Waals surface area contributed by atoms with Crippen molar-refractivity contribution in [2.24, 2.45) is 0 Å². The van der Waals surface area contributed by atoms with E-state index in [1.54, 1.807) is 18.2 Å². The standard InChI is InChI=1S/C15H20N2O3/c1-15(9-5-2-6-10-15)17-14(20)16-12-8-4-3-7-11(12)13(18)19/h3-4,7-8H,2,5-6,9-10H2,1H3,(H,18,19)(H2,16,17,20). The third kappa shape index (κ3) is 3.50. The van der Waals surface area contributed by atoms with Gasteiger partial charge in [0.05, 0.1) is 11.3 Å². The van der Waals surface area contributed by atoms with Gasteiger partial charge in [-0.1, -0.05) is 31.4 Å². The van der Waals surface area contributed by atoms with Gasteiger partial charge in [0.2, 0.25) is 0 Å². The van der Waals surface area contributed by atoms with Crippen molar-refractivity contribution in [2.75, 3.05) is 5.32 Å². The highest BCUT2D eigenvalue weighted by Gasteiger charge is 2.28. The molecule has 5 nitrogen and oxygen atoms in total. The monoisotopic (exact) mass is 276 g/mol. The molecule has 1 aromatic rings. The van der Waals surface area contributed by atoms with Gasteiger partial charge in [-0.3, -0.25) is 0 Å². The van der Waals surface area contributed by atoms with E-state index in [1.807, 2.05) is 6.92 Å². The van der Waals surface area contributed by atoms with Crippen LogP contribution in [-0.2, 0) is 0 Å². The van der Waals surface area contributed by atoms with Crippen LogP contribution in [0.4, 0.5) is 10.5 Å². The quantitative estimate of drug-likeness (QED) is 0.793. The molecule has 1 aliphatic rings. The number of carboxylic acids is 1. The van der Waals surface area contributed by atoms with Gasteiger partial charge in [-0.15, -0.1) is 0 Å². The molecule has 0 spiro atoms. The van der Waals surface area contributed by atoms with Crippen LogP contribution < -0.4 is 10.6 Å². The molecule has 108 valence electrons. The van der Waals surface area contributed by atoms with Crippen molar-refractivity contribution in [3.63, 3.8) is 0 Å². The Morgan fingerprint density at radius 3 is 2.45 bits per heavy atom. The Kier molecular flexibility index (Phi) is 4.27. The predicted molar refractivity (Wildman–Crippen MR) is 77.0 cm³/mol. The Labute approximate surface area is 118 Å². The van der Waals surface area contributed by atoms with Crippen LogP contribution in [0.3, 0.4) is 0 Å². The van der Waals surface area contributed by atoms with E-state index in [-0.39, 0.29) is 17.1 Å². The third-order valence-corrected chi connectivity index (χ3v) is 3.78. The van der Waals surface area contributed by atoms with Gasteiger partial charge in [0.1, 0.15) is 0 Å². The molecule has 0 heterocycles. The number of urea groups is 1. The molecule has 1 aromatic carbocycles. The lowest BCUT2D eigenvalue weighted by atomic mass is 9.83. The van der Waals surface area contributed by atoms with E-state index in [1.165, 1.54) is 12.5 Å². The summed E-state index contributed by atoms with van der Waals surface area (Å²) in [6.07, 6.45) is 5.35. The van der Waals surface area contributed by atoms with Crippen molar-refractivity contribution in [3.05, 3.63) is 29.8 Å². The lowest BCUT2D eigenvalue weighted by molar-refractivity contribution is 0.0698. The van der Waals surface area contributed by atoms with Crippen molar-refractivity contribution in [2.45, 2.75) is 44.6 Å². The summed E-state index contributed by atoms with van der Waals surface area (Å²) < 4.78 is 0. The molecule has 3 N–H and O–H groups in total. The fourth-order valence-electron chi connectivity index (χ4n) is 2.66. The van der Waals surface area contributed by atoms with Crippen molar-refractivity contribution < 1.29 is 14.7 Å². The number of carbonyl (C=O) groups excluding carboxylic acids is 1. The lowest BCUT2D eigenvalue weighted by Gasteiger charge is -2.34. The molecule has 0 bridgehead atoms. The average molecular weight is 276 g/mol. The maximum Gasteiger partial charge on any atom is 0.337 e. The lowest BCUT2D eigenvalue weighted by Crippen LogP contribution is -2.49. The summed E-state index contributed by atoms with van der Waals surface area (Å²) in [6, 6.07) is 6.05. The predicted octanol–water partition coefficient (Wildman–Crippen LogP) is 3.23. The minimum atomic E-state index is -1.05. The van der Waals surface area contributed by atoms with Crippen molar-refractivity contribution >= 4 is 17.7 Å². The SMILES string of the molecule is CC1(NC(=O)Nc2ccccc2C(=O)O)CCCCC1. The minimum Gasteiger partial charge on any atom is -0.478 e. The van der Waals surface area contributed by atoms with Crippen LogP contribution in [0.5, 0.6) is 0 Å². The first-order valence-electron chi connectivity index (χ1n) is 6.92. The molecule has 1 saturated carbocycles. The Bertz CT molecular complexity index is 508. The first-order chi connectivity index (χ1) is 9.50. The van der Waals surface area contributed by atoms with Gasteiger partial charge >= 0.3 is 12.0 Å². The Balaban J connectivity index is 2.03. The number of para-hydroxylation sites is 1. The van der Waals surface area contributed by atoms with Crippen LogP contribution in [0.15, 0.2) is 24.3 Å². The van der Waals surface area contributed by atoms with Crippen LogP contribution in [-0.4, -0.2) is 22.6 Å². The maximum absolute atomic E-state index is 12.0. The summed E-state index contributed by atoms with van der Waals surface area (Å²) in [5.41, 5.74) is 0.217. The van der Waals surface area contributed by atoms with Gasteiger partial charge < -0.3 is 15.7 Å². The highest BCUT2D eigenvalue weighted by atomic mass is 16.4. The number of amides is 2. The molecular weight excluding hydrogens is 256 g/mol. The molecule has 1 fully saturated rings. The number of carbonyl (C=O) groups is 2. The molecule has 2 amide bonds. The van der Waals surface area contributed by atoms with E-state index in [4.69, 9.17) is 5.11 Å². The zero-order valence-corrected chi connectivity index (χ0v) is 11.6. The van der Waals surface area contributed by atoms with Crippen molar-refractivity contribution in [3.8, 4) is 0 Å². The molecule has 2 rings (SSSR count). The van der Waals surface area contributed by atoms with Gasteiger partial charge in [0.15, 0.2) is 0 Å². The van der Waals surface area contributed by atoms with Crippen molar-refractivity contribution in [1.29, 1.82) is 0 Å². The van der Waals surface area contributed by atoms with E-state index < -0.39 is 5.97 Å². The second-order valence-electron chi connectivity index (χ2n) is 5.55. The number of hydrogen-bond acceptors (Lipinski definition) is 2. The first kappa shape index (κ1) is 14.4. The Hall–Kier alpha value is -2.04. The van der Waals surface area contributed by atoms with E-state index in [2.05, 4.69) is 10.6 Å². The number of benzene rings is 1. The van der Waals surface area contributed by atoms with Crippen LogP contribution in [0.1, 0.15) is 49.4 Å². The smallest absolute Gasteiger partial charge is 0.337 e. The van der Waals surface area contributed by atoms with Gasteiger partial charge in [-0.25, -0.2) is 9.59 Å². The minimum absolute atomic E-state index is 0.0939. The molecule has 0 aromatic heterocycles. The zero-order chi connectivity index (χ0) is 14.6. The summed E-state index contributed by atoms with van der Waals surface area (Å²) in [4.78, 5) is 23.1. The molecule has 1 aliphatic carbocycles. The van der Waals surface area contributed by atoms with Crippen LogP contribution in [0.25, 0.3) is 0 Å². The summed E-state index contributed by atoms with van der Waals surface area (Å²) in [6.45, 7) is 2.04. The van der Waals surface area contributed by atoms with Gasteiger partial charge in [0, 0.05) is 5.54 Å². The number of rotatable bonds is 3. The third-order valence-electron chi connectivity index (χ3n) is 3.78. The summed E-state index contributed by atoms with van der Waals surface area (Å²) >= 11 is 0. The number of hydrogen-bond donors (Lipinski definition) is 3.